The number of hydrogen-bond donors (Lipinski definition) is 0. The number of halogens is 2. The third-order valence-corrected chi connectivity index (χ3v) is 2.12. The maximum Gasteiger partial charge on any atom is 0.410 e. The Bertz CT molecular complexity index is 232. The minimum atomic E-state index is -2.28. The molecule has 0 N–H and O–H groups in total. The average molecular weight is 221 g/mol. The number of hydrogen-bond acceptors (Lipinski definition) is 2. The van der Waals surface area contributed by atoms with Crippen LogP contribution in [0.1, 0.15) is 27.2 Å². The van der Waals surface area contributed by atoms with E-state index >= 15 is 0 Å². The third-order valence-electron chi connectivity index (χ3n) is 2.12. The van der Waals surface area contributed by atoms with Crippen molar-refractivity contribution < 1.29 is 18.3 Å². The molecule has 0 aromatic rings. The van der Waals surface area contributed by atoms with Crippen LogP contribution in [-0.2, 0) is 4.74 Å². The summed E-state index contributed by atoms with van der Waals surface area (Å²) in [6, 6.07) is 0. The second-order valence-electron chi connectivity index (χ2n) is 4.88. The molecule has 3 nitrogen and oxygen atoms in total. The zero-order chi connectivity index (χ0) is 11.6. The molecule has 0 aromatic heterocycles. The van der Waals surface area contributed by atoms with E-state index in [0.717, 1.165) is 0 Å². The summed E-state index contributed by atoms with van der Waals surface area (Å²) < 4.78 is 29.0. The summed E-state index contributed by atoms with van der Waals surface area (Å²) in [5, 5.41) is 0. The number of nitrogens with zero attached hydrogens (tertiary/aromatic N) is 1. The van der Waals surface area contributed by atoms with Gasteiger partial charge in [-0.15, -0.1) is 0 Å². The Morgan fingerprint density at radius 1 is 1.47 bits per heavy atom. The molecule has 1 heterocycles. The van der Waals surface area contributed by atoms with Crippen LogP contribution in [-0.4, -0.2) is 36.1 Å². The van der Waals surface area contributed by atoms with Gasteiger partial charge in [0.2, 0.25) is 6.43 Å². The molecule has 1 rings (SSSR count). The lowest BCUT2D eigenvalue weighted by Gasteiger charge is -2.39. The van der Waals surface area contributed by atoms with Gasteiger partial charge in [0.15, 0.2) is 0 Å². The highest BCUT2D eigenvalue weighted by Crippen LogP contribution is 2.24. The maximum absolute atomic E-state index is 12.0. The van der Waals surface area contributed by atoms with Crippen molar-refractivity contribution >= 4 is 6.09 Å². The lowest BCUT2D eigenvalue weighted by atomic mass is 9.97. The molecule has 5 heteroatoms. The van der Waals surface area contributed by atoms with Gasteiger partial charge in [-0.2, -0.15) is 0 Å². The summed E-state index contributed by atoms with van der Waals surface area (Å²) in [5.41, 5.74) is -0.523. The molecule has 1 aliphatic rings. The zero-order valence-electron chi connectivity index (χ0n) is 9.30. The zero-order valence-corrected chi connectivity index (χ0v) is 9.30. The largest absolute Gasteiger partial charge is 0.444 e. The van der Waals surface area contributed by atoms with Crippen molar-refractivity contribution in [1.29, 1.82) is 0 Å². The van der Waals surface area contributed by atoms with Crippen LogP contribution in [0.4, 0.5) is 13.6 Å². The van der Waals surface area contributed by atoms with Gasteiger partial charge in [-0.3, -0.25) is 0 Å². The number of alkyl halides is 2. The molecule has 0 saturated carbocycles. The Kier molecular flexibility index (Phi) is 3.52. The fourth-order valence-corrected chi connectivity index (χ4v) is 1.45. The first-order valence-electron chi connectivity index (χ1n) is 5.04. The van der Waals surface area contributed by atoms with Crippen LogP contribution in [0.15, 0.2) is 0 Å². The molecule has 1 aliphatic heterocycles. The van der Waals surface area contributed by atoms with Gasteiger partial charge < -0.3 is 9.64 Å². The minimum Gasteiger partial charge on any atom is -0.444 e. The highest BCUT2D eigenvalue weighted by Gasteiger charge is 2.34. The summed E-state index contributed by atoms with van der Waals surface area (Å²) in [4.78, 5) is 12.8. The van der Waals surface area contributed by atoms with Crippen molar-refractivity contribution in [3.05, 3.63) is 0 Å². The van der Waals surface area contributed by atoms with Gasteiger partial charge in [0.25, 0.3) is 0 Å². The summed E-state index contributed by atoms with van der Waals surface area (Å²) in [6.45, 7) is 6.11. The molecule has 0 aromatic carbocycles. The van der Waals surface area contributed by atoms with Crippen LogP contribution >= 0.6 is 0 Å². The van der Waals surface area contributed by atoms with E-state index in [1.54, 1.807) is 20.8 Å². The summed E-state index contributed by atoms with van der Waals surface area (Å²) in [6.07, 6.45) is -2.82. The minimum absolute atomic E-state index is 0.0717. The van der Waals surface area contributed by atoms with Gasteiger partial charge >= 0.3 is 6.09 Å². The summed E-state index contributed by atoms with van der Waals surface area (Å²) in [5.74, 6) is -0.0717. The van der Waals surface area contributed by atoms with Crippen LogP contribution in [0, 0.1) is 5.92 Å². The van der Waals surface area contributed by atoms with Gasteiger partial charge in [-0.25, -0.2) is 13.6 Å². The van der Waals surface area contributed by atoms with Gasteiger partial charge in [0.1, 0.15) is 5.60 Å². The molecule has 0 atom stereocenters. The van der Waals surface area contributed by atoms with Gasteiger partial charge in [-0.05, 0) is 26.7 Å². The number of carbonyl (C=O) groups excluding carboxylic acids is 1. The van der Waals surface area contributed by atoms with Crippen LogP contribution in [0.25, 0.3) is 0 Å². The number of amides is 1. The van der Waals surface area contributed by atoms with Gasteiger partial charge in [0.05, 0.1) is 0 Å². The van der Waals surface area contributed by atoms with Crippen LogP contribution in [0.3, 0.4) is 0 Å². The highest BCUT2D eigenvalue weighted by molar-refractivity contribution is 5.69. The first-order valence-corrected chi connectivity index (χ1v) is 5.04. The smallest absolute Gasteiger partial charge is 0.410 e. The molecule has 15 heavy (non-hydrogen) atoms. The predicted octanol–water partition coefficient (Wildman–Crippen LogP) is 2.51. The Morgan fingerprint density at radius 3 is 2.40 bits per heavy atom. The normalized spacial score (nSPS) is 17.9. The van der Waals surface area contributed by atoms with Crippen LogP contribution in [0.2, 0.25) is 0 Å². The molecular weight excluding hydrogens is 204 g/mol. The lowest BCUT2D eigenvalue weighted by Crippen LogP contribution is -2.52. The van der Waals surface area contributed by atoms with Crippen molar-refractivity contribution in [2.75, 3.05) is 13.1 Å². The monoisotopic (exact) mass is 221 g/mol. The Balaban J connectivity index is 2.24. The van der Waals surface area contributed by atoms with E-state index in [1.807, 2.05) is 0 Å². The van der Waals surface area contributed by atoms with Crippen LogP contribution in [0.5, 0.6) is 0 Å². The Morgan fingerprint density at radius 2 is 2.00 bits per heavy atom. The standard InChI is InChI=1S/C10H17F2NO2/c1-10(2,3)15-9(14)13-5-7(6-13)4-8(11)12/h7-8H,4-6H2,1-3H3. The number of carbonyl (C=O) groups is 1. The Hall–Kier alpha value is -0.870. The first kappa shape index (κ1) is 12.2. The molecule has 0 bridgehead atoms. The SMILES string of the molecule is CC(C)(C)OC(=O)N1CC(CC(F)F)C1. The van der Waals surface area contributed by atoms with E-state index in [1.165, 1.54) is 4.90 Å². The molecule has 1 fully saturated rings. The fourth-order valence-electron chi connectivity index (χ4n) is 1.45. The molecule has 1 saturated heterocycles. The van der Waals surface area contributed by atoms with E-state index in [4.69, 9.17) is 4.74 Å². The van der Waals surface area contributed by atoms with Gasteiger partial charge in [0, 0.05) is 19.5 Å². The first-order chi connectivity index (χ1) is 6.78. The second-order valence-corrected chi connectivity index (χ2v) is 4.88. The van der Waals surface area contributed by atoms with Crippen molar-refractivity contribution in [1.82, 2.24) is 4.90 Å². The fraction of sp³-hybridized carbons (Fsp3) is 0.900. The third kappa shape index (κ3) is 4.01. The number of rotatable bonds is 2. The molecular formula is C10H17F2NO2. The highest BCUT2D eigenvalue weighted by atomic mass is 19.3. The van der Waals surface area contributed by atoms with E-state index in [9.17, 15) is 13.6 Å². The molecule has 88 valence electrons. The molecule has 0 spiro atoms. The Labute approximate surface area is 88.4 Å². The van der Waals surface area contributed by atoms with Crippen molar-refractivity contribution in [2.24, 2.45) is 5.92 Å². The van der Waals surface area contributed by atoms with Crippen molar-refractivity contribution in [2.45, 2.75) is 39.2 Å². The summed E-state index contributed by atoms with van der Waals surface area (Å²) in [7, 11) is 0. The van der Waals surface area contributed by atoms with E-state index in [-0.39, 0.29) is 12.3 Å². The maximum atomic E-state index is 12.0. The topological polar surface area (TPSA) is 29.5 Å². The molecule has 0 radical (unpaired) electrons. The number of ether oxygens (including phenoxy) is 1. The molecule has 0 unspecified atom stereocenters. The predicted molar refractivity (Wildman–Crippen MR) is 51.9 cm³/mol. The lowest BCUT2D eigenvalue weighted by molar-refractivity contribution is -0.0128. The second kappa shape index (κ2) is 4.33. The van der Waals surface area contributed by atoms with E-state index in [0.29, 0.717) is 13.1 Å². The average Bonchev–Trinajstić information content (AvgIpc) is 1.91. The molecule has 0 aliphatic carbocycles. The van der Waals surface area contributed by atoms with Gasteiger partial charge in [-0.1, -0.05) is 0 Å². The van der Waals surface area contributed by atoms with Crippen molar-refractivity contribution in [3.63, 3.8) is 0 Å². The van der Waals surface area contributed by atoms with E-state index < -0.39 is 18.1 Å². The number of likely N-dealkylation sites (tertiary alicyclic amines) is 1. The van der Waals surface area contributed by atoms with Crippen molar-refractivity contribution in [3.8, 4) is 0 Å². The van der Waals surface area contributed by atoms with E-state index in [2.05, 4.69) is 0 Å². The quantitative estimate of drug-likeness (QED) is 0.717. The summed E-state index contributed by atoms with van der Waals surface area (Å²) >= 11 is 0. The van der Waals surface area contributed by atoms with Crippen LogP contribution < -0.4 is 0 Å². The molecule has 1 amide bonds.